The predicted octanol–water partition coefficient (Wildman–Crippen LogP) is 0.968. The van der Waals surface area contributed by atoms with Crippen LogP contribution in [0.1, 0.15) is 85.0 Å². The van der Waals surface area contributed by atoms with E-state index in [1.165, 1.54) is 6.92 Å². The van der Waals surface area contributed by atoms with Gasteiger partial charge in [0.25, 0.3) is 0 Å². The van der Waals surface area contributed by atoms with Gasteiger partial charge in [-0.25, -0.2) is 9.18 Å². The summed E-state index contributed by atoms with van der Waals surface area (Å²) in [5.74, 6) is -3.85. The number of unbranched alkanes of at least 4 members (excludes halogenated alkanes) is 3. The van der Waals surface area contributed by atoms with E-state index in [4.69, 9.17) is 0 Å². The van der Waals surface area contributed by atoms with Gasteiger partial charge in [0, 0.05) is 24.6 Å². The van der Waals surface area contributed by atoms with Crippen molar-refractivity contribution in [1.82, 2.24) is 31.9 Å². The average Bonchev–Trinajstić information content (AvgIpc) is 3.55. The highest BCUT2D eigenvalue weighted by Gasteiger charge is 2.40. The molecule has 0 bridgehead atoms. The van der Waals surface area contributed by atoms with Crippen LogP contribution in [0.15, 0.2) is 0 Å². The van der Waals surface area contributed by atoms with Gasteiger partial charge >= 0.3 is 12.0 Å². The standard InChI is InChI=1S/C30H49FN6O8S/c1-17(2)26(28(43)33-18(3)27(42)34-20(22(38)16-31)15-25(41)45-4)36-24(40)12-6-5-9-13-32-23(39)11-8-7-10-19-14-21-29(46-19)37-30(44)35-21/h17-21,26,29H,5-16H2,1-4H3,(H,32,39)(H,33,43)(H,34,42)(H,36,40)(H2,35,37,44)/t18-,19-,20-,21+,26-,29-/m0/s1. The number of carbonyl (C=O) groups excluding carboxylic acids is 7. The normalized spacial score (nSPS) is 20.4. The molecular weight excluding hydrogens is 623 g/mol. The highest BCUT2D eigenvalue weighted by Crippen LogP contribution is 2.37. The van der Waals surface area contributed by atoms with Gasteiger partial charge in [0.1, 0.15) is 24.8 Å². The largest absolute Gasteiger partial charge is 0.469 e. The van der Waals surface area contributed by atoms with Crippen molar-refractivity contribution >= 4 is 53.2 Å². The Kier molecular flexibility index (Phi) is 16.8. The van der Waals surface area contributed by atoms with Gasteiger partial charge < -0.3 is 36.6 Å². The summed E-state index contributed by atoms with van der Waals surface area (Å²) in [5, 5.41) is 16.8. The molecule has 2 heterocycles. The monoisotopic (exact) mass is 672 g/mol. The van der Waals surface area contributed by atoms with E-state index in [2.05, 4.69) is 36.6 Å². The van der Waals surface area contributed by atoms with Crippen molar-refractivity contribution in [3.63, 3.8) is 0 Å². The smallest absolute Gasteiger partial charge is 0.316 e. The van der Waals surface area contributed by atoms with Crippen LogP contribution in [0.5, 0.6) is 0 Å². The second-order valence-corrected chi connectivity index (χ2v) is 13.5. The van der Waals surface area contributed by atoms with Crippen molar-refractivity contribution < 1.29 is 42.7 Å². The Morgan fingerprint density at radius 1 is 0.913 bits per heavy atom. The molecule has 6 N–H and O–H groups in total. The molecule has 6 amide bonds. The van der Waals surface area contributed by atoms with Gasteiger partial charge in [-0.2, -0.15) is 0 Å². The zero-order valence-corrected chi connectivity index (χ0v) is 27.9. The molecule has 0 radical (unpaired) electrons. The number of urea groups is 1. The second kappa shape index (κ2) is 19.9. The fourth-order valence-corrected chi connectivity index (χ4v) is 6.73. The Bertz CT molecular complexity index is 1080. The maximum Gasteiger partial charge on any atom is 0.316 e. The van der Waals surface area contributed by atoms with E-state index >= 15 is 0 Å². The van der Waals surface area contributed by atoms with E-state index in [0.29, 0.717) is 37.5 Å². The molecular formula is C30H49FN6O8S. The molecule has 0 aromatic heterocycles. The molecule has 2 fully saturated rings. The molecule has 16 heteroatoms. The molecule has 2 aliphatic heterocycles. The first-order valence-corrected chi connectivity index (χ1v) is 16.8. The van der Waals surface area contributed by atoms with Crippen LogP contribution in [0.2, 0.25) is 0 Å². The van der Waals surface area contributed by atoms with Crippen molar-refractivity contribution in [3.05, 3.63) is 0 Å². The van der Waals surface area contributed by atoms with E-state index in [-0.39, 0.29) is 41.6 Å². The molecule has 0 unspecified atom stereocenters. The summed E-state index contributed by atoms with van der Waals surface area (Å²) in [4.78, 5) is 84.7. The van der Waals surface area contributed by atoms with Gasteiger partial charge in [-0.1, -0.05) is 26.7 Å². The minimum absolute atomic E-state index is 0.00399. The van der Waals surface area contributed by atoms with Gasteiger partial charge in [0.05, 0.1) is 24.9 Å². The highest BCUT2D eigenvalue weighted by atomic mass is 32.2. The zero-order valence-electron chi connectivity index (χ0n) is 27.1. The van der Waals surface area contributed by atoms with Crippen molar-refractivity contribution in [2.75, 3.05) is 20.3 Å². The number of halogens is 1. The number of amides is 6. The molecule has 2 saturated heterocycles. The summed E-state index contributed by atoms with van der Waals surface area (Å²) < 4.78 is 17.4. The summed E-state index contributed by atoms with van der Waals surface area (Å²) in [7, 11) is 1.09. The summed E-state index contributed by atoms with van der Waals surface area (Å²) in [6.45, 7) is 3.97. The predicted molar refractivity (Wildman–Crippen MR) is 169 cm³/mol. The molecule has 0 aliphatic carbocycles. The van der Waals surface area contributed by atoms with Crippen LogP contribution in [0.4, 0.5) is 9.18 Å². The van der Waals surface area contributed by atoms with Crippen molar-refractivity contribution in [3.8, 4) is 0 Å². The number of hydrogen-bond acceptors (Lipinski definition) is 9. The van der Waals surface area contributed by atoms with Crippen LogP contribution >= 0.6 is 11.8 Å². The number of thioether (sulfide) groups is 1. The number of nitrogens with one attached hydrogen (secondary N) is 6. The van der Waals surface area contributed by atoms with Crippen LogP contribution in [-0.2, 0) is 33.5 Å². The summed E-state index contributed by atoms with van der Waals surface area (Å²) in [5.41, 5.74) is 0. The topological polar surface area (TPSA) is 201 Å². The third kappa shape index (κ3) is 13.5. The first kappa shape index (κ1) is 38.8. The molecule has 0 saturated carbocycles. The summed E-state index contributed by atoms with van der Waals surface area (Å²) >= 11 is 1.79. The Labute approximate surface area is 273 Å². The Hall–Kier alpha value is -3.43. The maximum absolute atomic E-state index is 12.9. The Morgan fingerprint density at radius 3 is 2.26 bits per heavy atom. The summed E-state index contributed by atoms with van der Waals surface area (Å²) in [6.07, 6.45) is 5.80. The molecule has 0 spiro atoms. The average molecular weight is 673 g/mol. The van der Waals surface area contributed by atoms with Crippen molar-refractivity contribution in [2.45, 2.75) is 120 Å². The molecule has 6 atom stereocenters. The lowest BCUT2D eigenvalue weighted by molar-refractivity contribution is -0.143. The lowest BCUT2D eigenvalue weighted by Gasteiger charge is -2.24. The second-order valence-electron chi connectivity index (χ2n) is 12.0. The Morgan fingerprint density at radius 2 is 1.61 bits per heavy atom. The van der Waals surface area contributed by atoms with Gasteiger partial charge in [-0.05, 0) is 44.9 Å². The first-order chi connectivity index (χ1) is 21.8. The number of hydrogen-bond donors (Lipinski definition) is 6. The minimum Gasteiger partial charge on any atom is -0.469 e. The molecule has 0 aromatic rings. The zero-order chi connectivity index (χ0) is 34.2. The lowest BCUT2D eigenvalue weighted by Crippen LogP contribution is -2.56. The van der Waals surface area contributed by atoms with Gasteiger partial charge in [0.2, 0.25) is 23.6 Å². The fourth-order valence-electron chi connectivity index (χ4n) is 5.15. The van der Waals surface area contributed by atoms with E-state index in [0.717, 1.165) is 32.8 Å². The molecule has 2 rings (SSSR count). The maximum atomic E-state index is 12.9. The molecule has 0 aromatic carbocycles. The number of Topliss-reactive ketones (excluding diaryl/α,β-unsaturated/α-hetero) is 1. The number of ether oxygens (including phenoxy) is 1. The van der Waals surface area contributed by atoms with Crippen LogP contribution in [0.25, 0.3) is 0 Å². The third-order valence-corrected chi connectivity index (χ3v) is 9.40. The van der Waals surface area contributed by atoms with Crippen LogP contribution in [-0.4, -0.2) is 96.5 Å². The lowest BCUT2D eigenvalue weighted by atomic mass is 10.0. The van der Waals surface area contributed by atoms with E-state index in [9.17, 15) is 38.0 Å². The van der Waals surface area contributed by atoms with Crippen LogP contribution < -0.4 is 31.9 Å². The molecule has 14 nitrogen and oxygen atoms in total. The van der Waals surface area contributed by atoms with Crippen LogP contribution in [0.3, 0.4) is 0 Å². The van der Waals surface area contributed by atoms with Crippen LogP contribution in [0, 0.1) is 5.92 Å². The van der Waals surface area contributed by atoms with Gasteiger partial charge in [-0.3, -0.25) is 28.8 Å². The number of esters is 1. The quantitative estimate of drug-likeness (QED) is 0.0759. The number of fused-ring (bicyclic) bond motifs is 1. The number of rotatable bonds is 21. The first-order valence-electron chi connectivity index (χ1n) is 15.9. The number of alkyl halides is 1. The SMILES string of the molecule is COC(=O)C[C@H](NC(=O)[C@H](C)NC(=O)[C@@H](NC(=O)CCCCCNC(=O)CCCC[C@H]1C[C@H]2NC(=O)N[C@H]2S1)C(C)C)C(=O)CF. The Balaban J connectivity index is 1.59. The molecule has 2 aliphatic rings. The number of ketones is 1. The third-order valence-electron chi connectivity index (χ3n) is 7.85. The van der Waals surface area contributed by atoms with E-state index in [1.54, 1.807) is 25.6 Å². The van der Waals surface area contributed by atoms with E-state index < -0.39 is 54.8 Å². The molecule has 46 heavy (non-hydrogen) atoms. The van der Waals surface area contributed by atoms with E-state index in [1.807, 2.05) is 0 Å². The number of carbonyl (C=O) groups is 7. The summed E-state index contributed by atoms with van der Waals surface area (Å²) in [6, 6.07) is -3.39. The van der Waals surface area contributed by atoms with Gasteiger partial charge in [-0.15, -0.1) is 11.8 Å². The highest BCUT2D eigenvalue weighted by molar-refractivity contribution is 8.00. The minimum atomic E-state index is -1.43. The van der Waals surface area contributed by atoms with Crippen molar-refractivity contribution in [2.24, 2.45) is 5.92 Å². The molecule has 260 valence electrons. The number of methoxy groups -OCH3 is 1. The van der Waals surface area contributed by atoms with Gasteiger partial charge in [0.15, 0.2) is 5.78 Å². The fraction of sp³-hybridized carbons (Fsp3) is 0.767. The van der Waals surface area contributed by atoms with Crippen molar-refractivity contribution in [1.29, 1.82) is 0 Å².